The minimum absolute atomic E-state index is 0.219. The number of halogens is 1. The summed E-state index contributed by atoms with van der Waals surface area (Å²) >= 11 is 2.74. The van der Waals surface area contributed by atoms with Gasteiger partial charge in [0, 0.05) is 19.0 Å². The lowest BCUT2D eigenvalue weighted by Gasteiger charge is -2.04. The van der Waals surface area contributed by atoms with Crippen molar-refractivity contribution in [3.05, 3.63) is 10.6 Å². The van der Waals surface area contributed by atoms with Crippen molar-refractivity contribution in [2.45, 2.75) is 32.6 Å². The predicted molar refractivity (Wildman–Crippen MR) is 72.8 cm³/mol. The molecule has 0 aromatic carbocycles. The molecule has 0 aromatic heterocycles. The van der Waals surface area contributed by atoms with Crippen molar-refractivity contribution in [3.63, 3.8) is 0 Å². The first kappa shape index (κ1) is 17.6. The van der Waals surface area contributed by atoms with Crippen molar-refractivity contribution in [2.75, 3.05) is 13.2 Å². The summed E-state index contributed by atoms with van der Waals surface area (Å²) in [5.74, 6) is -2.02. The fourth-order valence-corrected chi connectivity index (χ4v) is 1.28. The smallest absolute Gasteiger partial charge is 0.342 e. The van der Waals surface area contributed by atoms with Crippen LogP contribution in [0.5, 0.6) is 0 Å². The Morgan fingerprint density at radius 2 is 2.00 bits per heavy atom. The molecule has 0 aliphatic carbocycles. The van der Waals surface area contributed by atoms with E-state index in [1.807, 2.05) is 6.92 Å². The van der Waals surface area contributed by atoms with Crippen LogP contribution in [0.1, 0.15) is 32.6 Å². The van der Waals surface area contributed by atoms with Gasteiger partial charge in [0.2, 0.25) is 5.91 Å². The maximum atomic E-state index is 11.2. The highest BCUT2D eigenvalue weighted by atomic mass is 79.9. The number of carboxylic acids is 1. The summed E-state index contributed by atoms with van der Waals surface area (Å²) in [5, 5.41) is 11.0. The van der Waals surface area contributed by atoms with Crippen LogP contribution < -0.4 is 5.32 Å². The number of unbranched alkanes of at least 4 members (excludes halogenated alkanes) is 1. The van der Waals surface area contributed by atoms with Gasteiger partial charge in [-0.25, -0.2) is 4.79 Å². The minimum atomic E-state index is -1.21. The first-order valence-corrected chi connectivity index (χ1v) is 6.80. The number of carbonyl (C=O) groups is 3. The number of aliphatic carboxylic acids is 1. The van der Waals surface area contributed by atoms with E-state index in [0.29, 0.717) is 13.0 Å². The van der Waals surface area contributed by atoms with E-state index in [1.54, 1.807) is 0 Å². The highest BCUT2D eigenvalue weighted by molar-refractivity contribution is 9.12. The van der Waals surface area contributed by atoms with Crippen LogP contribution in [-0.4, -0.2) is 36.1 Å². The third kappa shape index (κ3) is 10.3. The first-order chi connectivity index (χ1) is 8.97. The molecule has 0 unspecified atom stereocenters. The van der Waals surface area contributed by atoms with Crippen LogP contribution in [0, 0.1) is 0 Å². The molecule has 0 heterocycles. The molecule has 1 amide bonds. The number of amides is 1. The summed E-state index contributed by atoms with van der Waals surface area (Å²) in [6, 6.07) is 0. The second-order valence-electron chi connectivity index (χ2n) is 3.77. The molecule has 108 valence electrons. The topological polar surface area (TPSA) is 92.7 Å². The van der Waals surface area contributed by atoms with Gasteiger partial charge in [0.1, 0.15) is 4.48 Å². The van der Waals surface area contributed by atoms with Gasteiger partial charge in [0.25, 0.3) is 0 Å². The Morgan fingerprint density at radius 3 is 2.58 bits per heavy atom. The molecule has 0 aliphatic heterocycles. The van der Waals surface area contributed by atoms with Crippen LogP contribution in [0.3, 0.4) is 0 Å². The van der Waals surface area contributed by atoms with E-state index in [9.17, 15) is 14.4 Å². The summed E-state index contributed by atoms with van der Waals surface area (Å²) in [6.07, 6.45) is 3.43. The average molecular weight is 336 g/mol. The highest BCUT2D eigenvalue weighted by Crippen LogP contribution is 2.03. The summed E-state index contributed by atoms with van der Waals surface area (Å²) in [4.78, 5) is 32.8. The van der Waals surface area contributed by atoms with Gasteiger partial charge in [-0.2, -0.15) is 0 Å². The Bertz CT molecular complexity index is 354. The maximum Gasteiger partial charge on any atom is 0.342 e. The van der Waals surface area contributed by atoms with Crippen molar-refractivity contribution in [1.29, 1.82) is 0 Å². The molecule has 0 bridgehead atoms. The molecule has 0 rings (SSSR count). The van der Waals surface area contributed by atoms with Gasteiger partial charge in [-0.05, 0) is 28.8 Å². The first-order valence-electron chi connectivity index (χ1n) is 6.01. The minimum Gasteiger partial charge on any atom is -0.477 e. The van der Waals surface area contributed by atoms with Crippen molar-refractivity contribution in [2.24, 2.45) is 0 Å². The number of ether oxygens (including phenoxy) is 1. The molecule has 19 heavy (non-hydrogen) atoms. The van der Waals surface area contributed by atoms with Crippen LogP contribution in [-0.2, 0) is 19.1 Å². The zero-order valence-electron chi connectivity index (χ0n) is 10.8. The fourth-order valence-electron chi connectivity index (χ4n) is 1.07. The van der Waals surface area contributed by atoms with Gasteiger partial charge in [-0.15, -0.1) is 0 Å². The summed E-state index contributed by atoms with van der Waals surface area (Å²) < 4.78 is 4.72. The molecule has 0 atom stereocenters. The van der Waals surface area contributed by atoms with E-state index in [1.165, 1.54) is 0 Å². The van der Waals surface area contributed by atoms with Gasteiger partial charge in [0.05, 0.1) is 6.61 Å². The average Bonchev–Trinajstić information content (AvgIpc) is 2.34. The number of carboxylic acid groups (broad SMARTS) is 1. The summed E-state index contributed by atoms with van der Waals surface area (Å²) in [6.45, 7) is 2.72. The molecule has 0 aliphatic rings. The number of rotatable bonds is 9. The lowest BCUT2D eigenvalue weighted by atomic mass is 10.3. The van der Waals surface area contributed by atoms with Crippen molar-refractivity contribution in [3.8, 4) is 0 Å². The molecule has 7 heteroatoms. The molecule has 2 N–H and O–H groups in total. The number of nitrogens with one attached hydrogen (secondary N) is 1. The summed E-state index contributed by atoms with van der Waals surface area (Å²) in [5.41, 5.74) is 0. The van der Waals surface area contributed by atoms with E-state index in [-0.39, 0.29) is 23.4 Å². The van der Waals surface area contributed by atoms with Gasteiger partial charge in [0.15, 0.2) is 0 Å². The quantitative estimate of drug-likeness (QED) is 0.379. The van der Waals surface area contributed by atoms with Gasteiger partial charge >= 0.3 is 11.9 Å². The Labute approximate surface area is 120 Å². The number of carbonyl (C=O) groups excluding carboxylic acids is 2. The molecule has 0 saturated carbocycles. The van der Waals surface area contributed by atoms with Gasteiger partial charge < -0.3 is 15.2 Å². The number of hydrogen-bond acceptors (Lipinski definition) is 4. The third-order valence-electron chi connectivity index (χ3n) is 2.08. The standard InChI is InChI=1S/C12H18BrNO5/c1-2-3-7-19-11(16)5-4-6-14-10(15)8-9(13)12(17)18/h8H,2-7H2,1H3,(H,14,15)(H,17,18)/b9-8-. The molecule has 0 radical (unpaired) electrons. The van der Waals surface area contributed by atoms with Crippen molar-refractivity contribution < 1.29 is 24.2 Å². The molecular formula is C12H18BrNO5. The van der Waals surface area contributed by atoms with Crippen molar-refractivity contribution >= 4 is 33.8 Å². The second kappa shape index (κ2) is 10.5. The third-order valence-corrected chi connectivity index (χ3v) is 2.65. The van der Waals surface area contributed by atoms with Crippen LogP contribution >= 0.6 is 15.9 Å². The van der Waals surface area contributed by atoms with E-state index >= 15 is 0 Å². The Morgan fingerprint density at radius 1 is 1.32 bits per heavy atom. The fraction of sp³-hybridized carbons (Fsp3) is 0.583. The number of hydrogen-bond donors (Lipinski definition) is 2. The maximum absolute atomic E-state index is 11.2. The van der Waals surface area contributed by atoms with E-state index in [2.05, 4.69) is 21.2 Å². The van der Waals surface area contributed by atoms with Gasteiger partial charge in [-0.3, -0.25) is 9.59 Å². The molecule has 0 fully saturated rings. The highest BCUT2D eigenvalue weighted by Gasteiger charge is 2.06. The Hall–Kier alpha value is -1.37. The largest absolute Gasteiger partial charge is 0.477 e. The lowest BCUT2D eigenvalue weighted by Crippen LogP contribution is -2.23. The lowest BCUT2D eigenvalue weighted by molar-refractivity contribution is -0.144. The summed E-state index contributed by atoms with van der Waals surface area (Å²) in [7, 11) is 0. The molecule has 6 nitrogen and oxygen atoms in total. The van der Waals surface area contributed by atoms with E-state index in [0.717, 1.165) is 18.9 Å². The Balaban J connectivity index is 3.69. The van der Waals surface area contributed by atoms with Crippen LogP contribution in [0.15, 0.2) is 10.6 Å². The van der Waals surface area contributed by atoms with Crippen LogP contribution in [0.2, 0.25) is 0 Å². The molecule has 0 saturated heterocycles. The van der Waals surface area contributed by atoms with Gasteiger partial charge in [-0.1, -0.05) is 13.3 Å². The molecule has 0 aromatic rings. The van der Waals surface area contributed by atoms with Crippen LogP contribution in [0.25, 0.3) is 0 Å². The monoisotopic (exact) mass is 335 g/mol. The SMILES string of the molecule is CCCCOC(=O)CCCNC(=O)/C=C(\Br)C(=O)O. The zero-order chi connectivity index (χ0) is 14.7. The molecular weight excluding hydrogens is 318 g/mol. The zero-order valence-corrected chi connectivity index (χ0v) is 12.4. The number of esters is 1. The van der Waals surface area contributed by atoms with E-state index < -0.39 is 11.9 Å². The second-order valence-corrected chi connectivity index (χ2v) is 4.62. The van der Waals surface area contributed by atoms with Crippen molar-refractivity contribution in [1.82, 2.24) is 5.32 Å². The van der Waals surface area contributed by atoms with E-state index in [4.69, 9.17) is 9.84 Å². The normalized spacial score (nSPS) is 10.9. The van der Waals surface area contributed by atoms with Crippen LogP contribution in [0.4, 0.5) is 0 Å². The Kier molecular flexibility index (Phi) is 9.78. The predicted octanol–water partition coefficient (Wildman–Crippen LogP) is 1.59. The molecule has 0 spiro atoms.